The van der Waals surface area contributed by atoms with Gasteiger partial charge in [-0.2, -0.15) is 0 Å². The fourth-order valence-electron chi connectivity index (χ4n) is 3.36. The van der Waals surface area contributed by atoms with E-state index in [1.807, 2.05) is 6.08 Å². The van der Waals surface area contributed by atoms with E-state index in [2.05, 4.69) is 16.8 Å². The SMILES string of the molecule is C=CCCOCCN1CCNC(C2CCCCC2)C1. The van der Waals surface area contributed by atoms with Gasteiger partial charge in [0.05, 0.1) is 13.2 Å². The molecule has 1 aliphatic heterocycles. The van der Waals surface area contributed by atoms with Gasteiger partial charge < -0.3 is 10.1 Å². The zero-order chi connectivity index (χ0) is 13.3. The second-order valence-electron chi connectivity index (χ2n) is 5.95. The highest BCUT2D eigenvalue weighted by Crippen LogP contribution is 2.27. The molecule has 0 aromatic carbocycles. The van der Waals surface area contributed by atoms with E-state index in [1.54, 1.807) is 0 Å². The molecule has 1 aliphatic carbocycles. The third kappa shape index (κ3) is 5.25. The number of hydrogen-bond acceptors (Lipinski definition) is 3. The molecule has 3 nitrogen and oxygen atoms in total. The van der Waals surface area contributed by atoms with E-state index in [-0.39, 0.29) is 0 Å². The van der Waals surface area contributed by atoms with Crippen LogP contribution in [0.25, 0.3) is 0 Å². The third-order valence-electron chi connectivity index (χ3n) is 4.53. The van der Waals surface area contributed by atoms with Gasteiger partial charge in [0.15, 0.2) is 0 Å². The Bertz CT molecular complexity index is 251. The molecule has 1 N–H and O–H groups in total. The van der Waals surface area contributed by atoms with E-state index in [0.29, 0.717) is 0 Å². The quantitative estimate of drug-likeness (QED) is 0.566. The number of ether oxygens (including phenoxy) is 1. The summed E-state index contributed by atoms with van der Waals surface area (Å²) in [5.41, 5.74) is 0. The lowest BCUT2D eigenvalue weighted by molar-refractivity contribution is 0.0831. The van der Waals surface area contributed by atoms with Crippen LogP contribution in [0.15, 0.2) is 12.7 Å². The monoisotopic (exact) mass is 266 g/mol. The van der Waals surface area contributed by atoms with Crippen molar-refractivity contribution in [3.8, 4) is 0 Å². The fourth-order valence-corrected chi connectivity index (χ4v) is 3.36. The van der Waals surface area contributed by atoms with E-state index in [1.165, 1.54) is 45.2 Å². The highest BCUT2D eigenvalue weighted by molar-refractivity contribution is 4.85. The van der Waals surface area contributed by atoms with Gasteiger partial charge in [0.2, 0.25) is 0 Å². The minimum Gasteiger partial charge on any atom is -0.380 e. The average Bonchev–Trinajstić information content (AvgIpc) is 2.48. The first kappa shape index (κ1) is 15.0. The van der Waals surface area contributed by atoms with Crippen molar-refractivity contribution in [3.05, 3.63) is 12.7 Å². The molecule has 1 unspecified atom stereocenters. The van der Waals surface area contributed by atoms with E-state index in [4.69, 9.17) is 4.74 Å². The Balaban J connectivity index is 1.63. The first-order valence-electron chi connectivity index (χ1n) is 8.04. The summed E-state index contributed by atoms with van der Waals surface area (Å²) in [5.74, 6) is 0.915. The second kappa shape index (κ2) is 8.72. The standard InChI is InChI=1S/C16H30N2O/c1-2-3-12-19-13-11-18-10-9-17-16(14-18)15-7-5-4-6-8-15/h2,15-17H,1,3-14H2. The minimum atomic E-state index is 0.724. The molecule has 1 atom stereocenters. The predicted molar refractivity (Wildman–Crippen MR) is 80.4 cm³/mol. The molecular formula is C16H30N2O. The Morgan fingerprint density at radius 2 is 2.05 bits per heavy atom. The summed E-state index contributed by atoms with van der Waals surface area (Å²) in [6.07, 6.45) is 10.1. The maximum absolute atomic E-state index is 5.62. The highest BCUT2D eigenvalue weighted by atomic mass is 16.5. The Morgan fingerprint density at radius 3 is 2.84 bits per heavy atom. The van der Waals surface area contributed by atoms with E-state index < -0.39 is 0 Å². The molecule has 3 heteroatoms. The molecule has 1 saturated heterocycles. The Kier molecular flexibility index (Phi) is 6.90. The molecule has 1 saturated carbocycles. The molecule has 0 aromatic heterocycles. The van der Waals surface area contributed by atoms with Crippen LogP contribution in [0.2, 0.25) is 0 Å². The van der Waals surface area contributed by atoms with E-state index in [0.717, 1.165) is 44.7 Å². The van der Waals surface area contributed by atoms with Crippen LogP contribution in [-0.4, -0.2) is 50.3 Å². The number of piperazine rings is 1. The maximum atomic E-state index is 5.62. The average molecular weight is 266 g/mol. The van der Waals surface area contributed by atoms with E-state index in [9.17, 15) is 0 Å². The normalized spacial score (nSPS) is 26.4. The molecule has 110 valence electrons. The van der Waals surface area contributed by atoms with Crippen LogP contribution in [0.5, 0.6) is 0 Å². The molecule has 19 heavy (non-hydrogen) atoms. The topological polar surface area (TPSA) is 24.5 Å². The summed E-state index contributed by atoms with van der Waals surface area (Å²) in [4.78, 5) is 2.57. The van der Waals surface area contributed by atoms with Gasteiger partial charge in [-0.1, -0.05) is 25.3 Å². The summed E-state index contributed by atoms with van der Waals surface area (Å²) in [6.45, 7) is 10.0. The lowest BCUT2D eigenvalue weighted by Gasteiger charge is -2.39. The fraction of sp³-hybridized carbons (Fsp3) is 0.875. The summed E-state index contributed by atoms with van der Waals surface area (Å²) in [6, 6.07) is 0.724. The zero-order valence-corrected chi connectivity index (χ0v) is 12.3. The first-order valence-corrected chi connectivity index (χ1v) is 8.04. The zero-order valence-electron chi connectivity index (χ0n) is 12.3. The smallest absolute Gasteiger partial charge is 0.0593 e. The number of nitrogens with one attached hydrogen (secondary N) is 1. The number of hydrogen-bond donors (Lipinski definition) is 1. The van der Waals surface area contributed by atoms with Gasteiger partial charge in [0.1, 0.15) is 0 Å². The van der Waals surface area contributed by atoms with Crippen LogP contribution in [0.4, 0.5) is 0 Å². The number of nitrogens with zero attached hydrogens (tertiary/aromatic N) is 1. The lowest BCUT2D eigenvalue weighted by atomic mass is 9.83. The highest BCUT2D eigenvalue weighted by Gasteiger charge is 2.27. The van der Waals surface area contributed by atoms with Crippen molar-refractivity contribution in [2.24, 2.45) is 5.92 Å². The summed E-state index contributed by atoms with van der Waals surface area (Å²) >= 11 is 0. The summed E-state index contributed by atoms with van der Waals surface area (Å²) in [5, 5.41) is 3.73. The van der Waals surface area contributed by atoms with Crippen LogP contribution in [0.1, 0.15) is 38.5 Å². The molecule has 0 amide bonds. The van der Waals surface area contributed by atoms with Crippen LogP contribution in [-0.2, 0) is 4.74 Å². The first-order chi connectivity index (χ1) is 9.40. The Hall–Kier alpha value is -0.380. The lowest BCUT2D eigenvalue weighted by Crippen LogP contribution is -2.54. The maximum Gasteiger partial charge on any atom is 0.0593 e. The van der Waals surface area contributed by atoms with Crippen LogP contribution >= 0.6 is 0 Å². The molecule has 2 rings (SSSR count). The molecule has 0 aromatic rings. The van der Waals surface area contributed by atoms with Gasteiger partial charge in [-0.3, -0.25) is 4.90 Å². The second-order valence-corrected chi connectivity index (χ2v) is 5.95. The Labute approximate surface area is 118 Å². The van der Waals surface area contributed by atoms with Gasteiger partial charge in [0, 0.05) is 32.2 Å². The molecule has 2 fully saturated rings. The van der Waals surface area contributed by atoms with Gasteiger partial charge in [-0.25, -0.2) is 0 Å². The van der Waals surface area contributed by atoms with Crippen LogP contribution < -0.4 is 5.32 Å². The molecule has 0 spiro atoms. The predicted octanol–water partition coefficient (Wildman–Crippen LogP) is 2.43. The van der Waals surface area contributed by atoms with Crippen molar-refractivity contribution in [1.82, 2.24) is 10.2 Å². The van der Waals surface area contributed by atoms with Crippen molar-refractivity contribution >= 4 is 0 Å². The van der Waals surface area contributed by atoms with Crippen molar-refractivity contribution in [3.63, 3.8) is 0 Å². The van der Waals surface area contributed by atoms with Crippen molar-refractivity contribution in [1.29, 1.82) is 0 Å². The van der Waals surface area contributed by atoms with E-state index >= 15 is 0 Å². The van der Waals surface area contributed by atoms with Crippen molar-refractivity contribution in [2.75, 3.05) is 39.4 Å². The Morgan fingerprint density at radius 1 is 1.21 bits per heavy atom. The van der Waals surface area contributed by atoms with Crippen LogP contribution in [0, 0.1) is 5.92 Å². The third-order valence-corrected chi connectivity index (χ3v) is 4.53. The van der Waals surface area contributed by atoms with Crippen molar-refractivity contribution in [2.45, 2.75) is 44.6 Å². The summed E-state index contributed by atoms with van der Waals surface area (Å²) in [7, 11) is 0. The minimum absolute atomic E-state index is 0.724. The molecule has 0 radical (unpaired) electrons. The molecule has 0 bridgehead atoms. The van der Waals surface area contributed by atoms with Gasteiger partial charge in [-0.15, -0.1) is 6.58 Å². The van der Waals surface area contributed by atoms with Gasteiger partial charge >= 0.3 is 0 Å². The van der Waals surface area contributed by atoms with Gasteiger partial charge in [0.25, 0.3) is 0 Å². The molecule has 1 heterocycles. The summed E-state index contributed by atoms with van der Waals surface area (Å²) < 4.78 is 5.62. The number of rotatable bonds is 7. The van der Waals surface area contributed by atoms with Crippen LogP contribution in [0.3, 0.4) is 0 Å². The molecule has 2 aliphatic rings. The largest absolute Gasteiger partial charge is 0.380 e. The molecular weight excluding hydrogens is 236 g/mol. The van der Waals surface area contributed by atoms with Crippen molar-refractivity contribution < 1.29 is 4.74 Å². The van der Waals surface area contributed by atoms with Gasteiger partial charge in [-0.05, 0) is 25.2 Å².